The first-order chi connectivity index (χ1) is 15.3. The number of aliphatic hydroxyl groups is 2. The lowest BCUT2D eigenvalue weighted by molar-refractivity contribution is -0.0548. The quantitative estimate of drug-likeness (QED) is 0.332. The van der Waals surface area contributed by atoms with Crippen molar-refractivity contribution in [2.45, 2.75) is 57.1 Å². The van der Waals surface area contributed by atoms with Crippen LogP contribution in [0.15, 0.2) is 35.3 Å². The molecule has 0 amide bonds. The van der Waals surface area contributed by atoms with Crippen LogP contribution in [0, 0.1) is 4.64 Å². The molecule has 1 aromatic carbocycles. The summed E-state index contributed by atoms with van der Waals surface area (Å²) in [7, 11) is -3.31. The van der Waals surface area contributed by atoms with Gasteiger partial charge in [0.15, 0.2) is 6.23 Å². The summed E-state index contributed by atoms with van der Waals surface area (Å²) < 4.78 is 27.5. The summed E-state index contributed by atoms with van der Waals surface area (Å²) in [6.45, 7) is 5.86. The van der Waals surface area contributed by atoms with E-state index < -0.39 is 44.7 Å². The van der Waals surface area contributed by atoms with E-state index in [4.69, 9.17) is 21.5 Å². The molecular formula is C21H29N2O8PS. The SMILES string of the molecule is COP(=O)(O)OC[C@H]1O[C@@H](n2cc(Cc3ccc(C(C)(C)C)cc3)c(=S)[nH]c2=O)[C@H](O)[C@@H]1O. The molecule has 5 atom stereocenters. The van der Waals surface area contributed by atoms with Crippen molar-refractivity contribution >= 4 is 20.0 Å². The molecule has 3 rings (SSSR count). The van der Waals surface area contributed by atoms with Crippen LogP contribution < -0.4 is 5.69 Å². The standard InChI is InChI=1S/C21H29N2O8PS/c1-21(2,3)14-7-5-12(6-8-14)9-13-10-23(20(26)22-18(13)33)19-17(25)16(24)15(31-19)11-30-32(27,28)29-4/h5-8,10,15-17,19,24-25H,9,11H2,1-4H3,(H,27,28)(H,22,26,33)/t15-,16-,17-,19-/m1/s1. The van der Waals surface area contributed by atoms with Crippen LogP contribution in [0.25, 0.3) is 0 Å². The second kappa shape index (κ2) is 9.89. The van der Waals surface area contributed by atoms with Gasteiger partial charge in [-0.25, -0.2) is 9.36 Å². The molecule has 2 aromatic rings. The van der Waals surface area contributed by atoms with Gasteiger partial charge in [0.1, 0.15) is 23.0 Å². The van der Waals surface area contributed by atoms with Crippen molar-refractivity contribution in [1.29, 1.82) is 0 Å². The molecule has 0 radical (unpaired) electrons. The lowest BCUT2D eigenvalue weighted by atomic mass is 9.86. The smallest absolute Gasteiger partial charge is 0.387 e. The molecular weight excluding hydrogens is 471 g/mol. The first-order valence-corrected chi connectivity index (χ1v) is 12.2. The van der Waals surface area contributed by atoms with E-state index in [9.17, 15) is 24.5 Å². The number of ether oxygens (including phenoxy) is 1. The topological polar surface area (TPSA) is 143 Å². The normalized spacial score (nSPS) is 25.2. The van der Waals surface area contributed by atoms with Gasteiger partial charge in [-0.2, -0.15) is 0 Å². The fourth-order valence-electron chi connectivity index (χ4n) is 3.50. The zero-order chi connectivity index (χ0) is 24.6. The van der Waals surface area contributed by atoms with Crippen LogP contribution in [0.4, 0.5) is 0 Å². The molecule has 1 saturated heterocycles. The highest BCUT2D eigenvalue weighted by Crippen LogP contribution is 2.43. The van der Waals surface area contributed by atoms with Gasteiger partial charge in [-0.1, -0.05) is 57.3 Å². The number of aromatic amines is 1. The number of hydrogen-bond donors (Lipinski definition) is 4. The minimum atomic E-state index is -4.30. The fraction of sp³-hybridized carbons (Fsp3) is 0.524. The molecule has 1 aliphatic rings. The molecule has 182 valence electrons. The van der Waals surface area contributed by atoms with Gasteiger partial charge in [-0.05, 0) is 16.5 Å². The largest absolute Gasteiger partial charge is 0.472 e. The lowest BCUT2D eigenvalue weighted by Crippen LogP contribution is -2.36. The van der Waals surface area contributed by atoms with E-state index in [0.29, 0.717) is 12.0 Å². The molecule has 12 heteroatoms. The number of phosphoric ester groups is 1. The summed E-state index contributed by atoms with van der Waals surface area (Å²) in [6.07, 6.45) is -3.45. The molecule has 33 heavy (non-hydrogen) atoms. The van der Waals surface area contributed by atoms with E-state index in [-0.39, 0.29) is 10.1 Å². The van der Waals surface area contributed by atoms with Crippen molar-refractivity contribution < 1.29 is 33.5 Å². The van der Waals surface area contributed by atoms with E-state index >= 15 is 0 Å². The maximum Gasteiger partial charge on any atom is 0.472 e. The van der Waals surface area contributed by atoms with Gasteiger partial charge in [-0.15, -0.1) is 0 Å². The Morgan fingerprint density at radius 3 is 2.42 bits per heavy atom. The van der Waals surface area contributed by atoms with E-state index in [1.165, 1.54) is 11.8 Å². The monoisotopic (exact) mass is 500 g/mol. The van der Waals surface area contributed by atoms with E-state index in [1.54, 1.807) is 0 Å². The summed E-state index contributed by atoms with van der Waals surface area (Å²) in [4.78, 5) is 24.5. The Labute approximate surface area is 196 Å². The first kappa shape index (κ1) is 25.9. The number of hydrogen-bond acceptors (Lipinski definition) is 8. The highest BCUT2D eigenvalue weighted by Gasteiger charge is 2.45. The lowest BCUT2D eigenvalue weighted by Gasteiger charge is -2.20. The molecule has 0 saturated carbocycles. The summed E-state index contributed by atoms with van der Waals surface area (Å²) >= 11 is 5.32. The Morgan fingerprint density at radius 2 is 1.85 bits per heavy atom. The second-order valence-electron chi connectivity index (χ2n) is 8.94. The number of nitrogens with one attached hydrogen (secondary N) is 1. The molecule has 4 N–H and O–H groups in total. The average molecular weight is 501 g/mol. The molecule has 1 unspecified atom stereocenters. The number of benzene rings is 1. The van der Waals surface area contributed by atoms with Crippen molar-refractivity contribution in [2.24, 2.45) is 0 Å². The third kappa shape index (κ3) is 6.06. The van der Waals surface area contributed by atoms with Crippen molar-refractivity contribution in [3.63, 3.8) is 0 Å². The van der Waals surface area contributed by atoms with Gasteiger partial charge in [0.25, 0.3) is 0 Å². The Hall–Kier alpha value is -1.69. The van der Waals surface area contributed by atoms with Gasteiger partial charge in [-0.3, -0.25) is 18.6 Å². The summed E-state index contributed by atoms with van der Waals surface area (Å²) in [5, 5.41) is 20.7. The number of aliphatic hydroxyl groups excluding tert-OH is 2. The maximum atomic E-state index is 12.5. The minimum absolute atomic E-state index is 0.0206. The predicted molar refractivity (Wildman–Crippen MR) is 123 cm³/mol. The van der Waals surface area contributed by atoms with Crippen molar-refractivity contribution in [3.8, 4) is 0 Å². The number of H-pyrrole nitrogens is 1. The predicted octanol–water partition coefficient (Wildman–Crippen LogP) is 2.18. The summed E-state index contributed by atoms with van der Waals surface area (Å²) in [6, 6.07) is 8.07. The first-order valence-electron chi connectivity index (χ1n) is 10.3. The van der Waals surface area contributed by atoms with Gasteiger partial charge in [0, 0.05) is 25.3 Å². The second-order valence-corrected chi connectivity index (χ2v) is 10.9. The zero-order valence-electron chi connectivity index (χ0n) is 18.8. The Bertz CT molecular complexity index is 1140. The molecule has 10 nitrogen and oxygen atoms in total. The Kier molecular flexibility index (Phi) is 7.77. The average Bonchev–Trinajstić information content (AvgIpc) is 3.02. The third-order valence-electron chi connectivity index (χ3n) is 5.50. The Morgan fingerprint density at radius 1 is 1.21 bits per heavy atom. The van der Waals surface area contributed by atoms with Crippen LogP contribution in [0.5, 0.6) is 0 Å². The maximum absolute atomic E-state index is 12.5. The molecule has 0 bridgehead atoms. The number of aromatic nitrogens is 2. The summed E-state index contributed by atoms with van der Waals surface area (Å²) in [5.74, 6) is 0. The van der Waals surface area contributed by atoms with E-state index in [0.717, 1.165) is 17.2 Å². The number of nitrogens with zero attached hydrogens (tertiary/aromatic N) is 1. The Balaban J connectivity index is 1.83. The number of rotatable bonds is 7. The van der Waals surface area contributed by atoms with Crippen LogP contribution in [0.2, 0.25) is 0 Å². The van der Waals surface area contributed by atoms with Crippen LogP contribution >= 0.6 is 20.0 Å². The third-order valence-corrected chi connectivity index (χ3v) is 6.80. The fourth-order valence-corrected chi connectivity index (χ4v) is 4.15. The molecule has 0 spiro atoms. The highest BCUT2D eigenvalue weighted by molar-refractivity contribution is 7.71. The van der Waals surface area contributed by atoms with Gasteiger partial charge < -0.3 is 19.8 Å². The van der Waals surface area contributed by atoms with Gasteiger partial charge in [0.2, 0.25) is 0 Å². The van der Waals surface area contributed by atoms with Crippen molar-refractivity contribution in [2.75, 3.05) is 13.7 Å². The summed E-state index contributed by atoms with van der Waals surface area (Å²) in [5.41, 5.74) is 2.18. The van der Waals surface area contributed by atoms with Crippen molar-refractivity contribution in [1.82, 2.24) is 9.55 Å². The van der Waals surface area contributed by atoms with Gasteiger partial charge in [0.05, 0.1) is 6.61 Å². The number of phosphoric acid groups is 1. The van der Waals surface area contributed by atoms with Crippen LogP contribution in [0.1, 0.15) is 43.7 Å². The van der Waals surface area contributed by atoms with Crippen LogP contribution in [0.3, 0.4) is 0 Å². The van der Waals surface area contributed by atoms with Gasteiger partial charge >= 0.3 is 13.5 Å². The molecule has 2 heterocycles. The van der Waals surface area contributed by atoms with E-state index in [1.807, 2.05) is 24.3 Å². The van der Waals surface area contributed by atoms with Crippen LogP contribution in [-0.2, 0) is 30.2 Å². The minimum Gasteiger partial charge on any atom is -0.387 e. The molecule has 1 aromatic heterocycles. The highest BCUT2D eigenvalue weighted by atomic mass is 32.1. The molecule has 1 fully saturated rings. The van der Waals surface area contributed by atoms with Crippen LogP contribution in [-0.4, -0.2) is 56.7 Å². The molecule has 1 aliphatic heterocycles. The van der Waals surface area contributed by atoms with Crippen molar-refractivity contribution in [3.05, 3.63) is 62.3 Å². The van der Waals surface area contributed by atoms with E-state index in [2.05, 4.69) is 30.3 Å². The zero-order valence-corrected chi connectivity index (χ0v) is 20.5. The molecule has 0 aliphatic carbocycles.